The lowest BCUT2D eigenvalue weighted by Gasteiger charge is -2.39. The molecule has 0 unspecified atom stereocenters. The summed E-state index contributed by atoms with van der Waals surface area (Å²) in [7, 11) is 1.72. The molecule has 50 heavy (non-hydrogen) atoms. The summed E-state index contributed by atoms with van der Waals surface area (Å²) in [5.41, 5.74) is 4.56. The van der Waals surface area contributed by atoms with E-state index in [2.05, 4.69) is 57.2 Å². The van der Waals surface area contributed by atoms with Crippen LogP contribution in [0.4, 0.5) is 10.6 Å². The number of ether oxygens (including phenoxy) is 3. The molecule has 1 aliphatic heterocycles. The van der Waals surface area contributed by atoms with E-state index in [0.717, 1.165) is 55.6 Å². The van der Waals surface area contributed by atoms with Crippen LogP contribution in [-0.4, -0.2) is 77.2 Å². The van der Waals surface area contributed by atoms with Gasteiger partial charge in [-0.3, -0.25) is 14.4 Å². The van der Waals surface area contributed by atoms with Crippen LogP contribution in [0.2, 0.25) is 0 Å². The Bertz CT molecular complexity index is 1580. The number of carbonyl (C=O) groups excluding carboxylic acids is 2. The van der Waals surface area contributed by atoms with Gasteiger partial charge in [0.1, 0.15) is 17.7 Å². The Morgan fingerprint density at radius 3 is 2.38 bits per heavy atom. The van der Waals surface area contributed by atoms with Crippen molar-refractivity contribution in [1.29, 1.82) is 0 Å². The minimum absolute atomic E-state index is 0.113. The fraction of sp³-hybridized carbons (Fsp3) is 0.600. The highest BCUT2D eigenvalue weighted by Crippen LogP contribution is 2.39. The zero-order valence-electron chi connectivity index (χ0n) is 30.6. The first-order valence-electron chi connectivity index (χ1n) is 18.8. The van der Waals surface area contributed by atoms with Crippen LogP contribution in [0.5, 0.6) is 5.75 Å². The molecule has 0 atom stereocenters. The molecule has 3 fully saturated rings. The van der Waals surface area contributed by atoms with Crippen molar-refractivity contribution in [3.63, 3.8) is 0 Å². The van der Waals surface area contributed by atoms with Crippen LogP contribution in [-0.2, 0) is 14.3 Å². The Balaban J connectivity index is 1.11. The van der Waals surface area contributed by atoms with E-state index in [4.69, 9.17) is 19.2 Å². The van der Waals surface area contributed by atoms with Crippen molar-refractivity contribution in [2.45, 2.75) is 110 Å². The summed E-state index contributed by atoms with van der Waals surface area (Å²) >= 11 is 0. The van der Waals surface area contributed by atoms with Crippen LogP contribution >= 0.6 is 0 Å². The molecule has 3 heterocycles. The number of hydrogen-bond acceptors (Lipinski definition) is 7. The van der Waals surface area contributed by atoms with Crippen molar-refractivity contribution in [3.8, 4) is 16.9 Å². The number of amides is 2. The van der Waals surface area contributed by atoms with Gasteiger partial charge in [-0.25, -0.2) is 9.78 Å². The number of aromatic nitrogens is 3. The third-order valence-electron chi connectivity index (χ3n) is 10.9. The Morgan fingerprint density at radius 1 is 0.960 bits per heavy atom. The molecule has 2 aromatic heterocycles. The first-order chi connectivity index (χ1) is 24.2. The average Bonchev–Trinajstić information content (AvgIpc) is 3.62. The van der Waals surface area contributed by atoms with Crippen LogP contribution in [0.3, 0.4) is 0 Å². The molecule has 1 saturated heterocycles. The number of benzene rings is 1. The van der Waals surface area contributed by atoms with Crippen LogP contribution in [0, 0.1) is 18.8 Å². The molecule has 2 aliphatic carbocycles. The van der Waals surface area contributed by atoms with E-state index in [1.807, 2.05) is 34.1 Å². The summed E-state index contributed by atoms with van der Waals surface area (Å²) in [5.74, 6) is 2.53. The lowest BCUT2D eigenvalue weighted by atomic mass is 9.78. The highest BCUT2D eigenvalue weighted by atomic mass is 16.6. The number of aryl methyl sites for hydroxylation is 1. The molecular weight excluding hydrogens is 630 g/mol. The molecule has 3 aliphatic rings. The van der Waals surface area contributed by atoms with Crippen molar-refractivity contribution >= 4 is 17.8 Å². The molecule has 270 valence electrons. The van der Waals surface area contributed by atoms with Gasteiger partial charge in [0.2, 0.25) is 5.91 Å². The third kappa shape index (κ3) is 8.50. The zero-order valence-corrected chi connectivity index (χ0v) is 30.6. The number of hydrogen-bond donors (Lipinski definition) is 0. The lowest BCUT2D eigenvalue weighted by Crippen LogP contribution is -2.55. The van der Waals surface area contributed by atoms with Crippen LogP contribution in [0.25, 0.3) is 11.1 Å². The minimum Gasteiger partial charge on any atom is -0.496 e. The molecule has 2 amide bonds. The van der Waals surface area contributed by atoms with Crippen molar-refractivity contribution < 1.29 is 23.8 Å². The molecule has 10 nitrogen and oxygen atoms in total. The van der Waals surface area contributed by atoms with Crippen LogP contribution < -0.4 is 9.64 Å². The number of nitrogens with zero attached hydrogens (tertiary/aromatic N) is 5. The van der Waals surface area contributed by atoms with Gasteiger partial charge in [0.05, 0.1) is 32.5 Å². The van der Waals surface area contributed by atoms with Crippen molar-refractivity contribution in [3.05, 3.63) is 60.0 Å². The predicted molar refractivity (Wildman–Crippen MR) is 194 cm³/mol. The molecule has 10 heteroatoms. The van der Waals surface area contributed by atoms with Crippen LogP contribution in [0.1, 0.15) is 102 Å². The molecule has 6 rings (SSSR count). The summed E-state index contributed by atoms with van der Waals surface area (Å²) in [5, 5.41) is 4.54. The van der Waals surface area contributed by atoms with E-state index in [1.54, 1.807) is 12.0 Å². The number of methoxy groups -OCH3 is 1. The summed E-state index contributed by atoms with van der Waals surface area (Å²) in [6, 6.07) is 10.9. The highest BCUT2D eigenvalue weighted by molar-refractivity contribution is 5.94. The van der Waals surface area contributed by atoms with Gasteiger partial charge in [-0.05, 0) is 125 Å². The van der Waals surface area contributed by atoms with Gasteiger partial charge in [0, 0.05) is 43.1 Å². The van der Waals surface area contributed by atoms with E-state index in [1.165, 1.54) is 11.1 Å². The fourth-order valence-corrected chi connectivity index (χ4v) is 7.75. The van der Waals surface area contributed by atoms with E-state index in [0.29, 0.717) is 63.0 Å². The quantitative estimate of drug-likeness (QED) is 0.191. The number of anilines is 1. The molecular formula is C40H55N5O5. The minimum atomic E-state index is -0.264. The van der Waals surface area contributed by atoms with E-state index < -0.39 is 0 Å². The summed E-state index contributed by atoms with van der Waals surface area (Å²) in [6.07, 6.45) is 13.5. The van der Waals surface area contributed by atoms with E-state index >= 15 is 0 Å². The molecule has 0 bridgehead atoms. The number of pyridine rings is 1. The molecule has 1 aromatic carbocycles. The van der Waals surface area contributed by atoms with Crippen molar-refractivity contribution in [2.24, 2.45) is 11.8 Å². The van der Waals surface area contributed by atoms with Gasteiger partial charge in [-0.15, -0.1) is 0 Å². The second-order valence-electron chi connectivity index (χ2n) is 14.9. The Morgan fingerprint density at radius 2 is 1.72 bits per heavy atom. The van der Waals surface area contributed by atoms with Gasteiger partial charge < -0.3 is 19.1 Å². The highest BCUT2D eigenvalue weighted by Gasteiger charge is 2.37. The van der Waals surface area contributed by atoms with Gasteiger partial charge in [-0.1, -0.05) is 19.1 Å². The second kappa shape index (κ2) is 16.4. The molecule has 2 saturated carbocycles. The number of carbonyl (C=O) groups is 2. The smallest absolute Gasteiger partial charge is 0.410 e. The van der Waals surface area contributed by atoms with Crippen molar-refractivity contribution in [1.82, 2.24) is 19.7 Å². The van der Waals surface area contributed by atoms with E-state index in [-0.39, 0.29) is 36.2 Å². The van der Waals surface area contributed by atoms with E-state index in [9.17, 15) is 9.59 Å². The SMILES string of the molecule is CCCOC1CN(C(=O)OC2CCC(C(=O)N(CC3CCC(c4ccc(OC)c(C)c4)CC3)c3cc(-c4cnn(C(C)C)c4)ccn3)CC2)C1. The maximum atomic E-state index is 14.4. The maximum Gasteiger partial charge on any atom is 0.410 e. The Kier molecular flexibility index (Phi) is 11.8. The number of likely N-dealkylation sites (tertiary alicyclic amines) is 1. The fourth-order valence-electron chi connectivity index (χ4n) is 7.75. The van der Waals surface area contributed by atoms with Gasteiger partial charge >= 0.3 is 6.09 Å². The van der Waals surface area contributed by atoms with Crippen LogP contribution in [0.15, 0.2) is 48.9 Å². The maximum absolute atomic E-state index is 14.4. The normalized spacial score (nSPS) is 22.6. The third-order valence-corrected chi connectivity index (χ3v) is 10.9. The predicted octanol–water partition coefficient (Wildman–Crippen LogP) is 7.96. The summed E-state index contributed by atoms with van der Waals surface area (Å²) < 4.78 is 19.0. The standard InChI is InChI=1S/C40H55N5O5/c1-6-19-49-36-25-43(26-36)40(47)50-35-14-11-31(12-15-35)39(46)44(38-21-33(17-18-41-38)34-22-42-45(24-34)27(2)3)23-29-7-9-30(10-8-29)32-13-16-37(48-5)28(4)20-32/h13,16-18,20-22,24,27,29-31,35-36H,6-12,14-15,19,23,25-26H2,1-5H3. The molecule has 3 aromatic rings. The zero-order chi connectivity index (χ0) is 35.2. The Hall–Kier alpha value is -3.92. The van der Waals surface area contributed by atoms with Gasteiger partial charge in [0.25, 0.3) is 0 Å². The monoisotopic (exact) mass is 685 g/mol. The summed E-state index contributed by atoms with van der Waals surface area (Å²) in [4.78, 5) is 35.6. The first kappa shape index (κ1) is 35.9. The molecule has 0 spiro atoms. The average molecular weight is 686 g/mol. The largest absolute Gasteiger partial charge is 0.496 e. The molecule has 0 radical (unpaired) electrons. The molecule has 0 N–H and O–H groups in total. The Labute approximate surface area is 297 Å². The number of rotatable bonds is 12. The lowest BCUT2D eigenvalue weighted by molar-refractivity contribution is -0.124. The van der Waals surface area contributed by atoms with Crippen molar-refractivity contribution in [2.75, 3.05) is 38.3 Å². The van der Waals surface area contributed by atoms with Gasteiger partial charge in [-0.2, -0.15) is 5.10 Å². The first-order valence-corrected chi connectivity index (χ1v) is 18.8. The summed E-state index contributed by atoms with van der Waals surface area (Å²) in [6.45, 7) is 11.0. The topological polar surface area (TPSA) is 99.0 Å². The van der Waals surface area contributed by atoms with Gasteiger partial charge in [0.15, 0.2) is 0 Å². The second-order valence-corrected chi connectivity index (χ2v) is 14.9.